The summed E-state index contributed by atoms with van der Waals surface area (Å²) >= 11 is 1.67. The van der Waals surface area contributed by atoms with Gasteiger partial charge in [0.2, 0.25) is 10.0 Å². The van der Waals surface area contributed by atoms with Gasteiger partial charge in [-0.15, -0.1) is 11.3 Å². The van der Waals surface area contributed by atoms with Gasteiger partial charge >= 0.3 is 0 Å². The van der Waals surface area contributed by atoms with Gasteiger partial charge in [0.25, 0.3) is 0 Å². The molecule has 0 aliphatic heterocycles. The Labute approximate surface area is 120 Å². The van der Waals surface area contributed by atoms with Crippen molar-refractivity contribution in [1.82, 2.24) is 14.6 Å². The van der Waals surface area contributed by atoms with Gasteiger partial charge in [-0.1, -0.05) is 20.8 Å². The van der Waals surface area contributed by atoms with Crippen molar-refractivity contribution < 1.29 is 8.42 Å². The topological polar surface area (TPSA) is 62.3 Å². The lowest BCUT2D eigenvalue weighted by molar-refractivity contribution is 0.517. The fraction of sp³-hybridized carbons (Fsp3) is 0.750. The fourth-order valence-corrected chi connectivity index (χ4v) is 3.04. The van der Waals surface area contributed by atoms with Crippen LogP contribution >= 0.6 is 11.3 Å². The molecule has 19 heavy (non-hydrogen) atoms. The number of rotatable bonds is 6. The van der Waals surface area contributed by atoms with Gasteiger partial charge in [-0.2, -0.15) is 0 Å². The molecule has 1 N–H and O–H groups in total. The van der Waals surface area contributed by atoms with Crippen LogP contribution in [0.4, 0.5) is 0 Å². The van der Waals surface area contributed by atoms with Crippen LogP contribution in [0.2, 0.25) is 0 Å². The molecule has 5 nitrogen and oxygen atoms in total. The highest BCUT2D eigenvalue weighted by atomic mass is 32.2. The van der Waals surface area contributed by atoms with E-state index < -0.39 is 10.0 Å². The minimum absolute atomic E-state index is 0.0666. The third-order valence-corrected chi connectivity index (χ3v) is 5.84. The van der Waals surface area contributed by atoms with Gasteiger partial charge < -0.3 is 5.32 Å². The van der Waals surface area contributed by atoms with Crippen molar-refractivity contribution in [1.29, 1.82) is 0 Å². The van der Waals surface area contributed by atoms with Gasteiger partial charge in [-0.05, 0) is 0 Å². The molecule has 1 aromatic rings. The molecule has 0 aliphatic rings. The molecule has 0 aliphatic carbocycles. The molecule has 0 amide bonds. The largest absolute Gasteiger partial charge is 0.311 e. The maximum absolute atomic E-state index is 11.6. The first-order valence-corrected chi connectivity index (χ1v) is 8.61. The van der Waals surface area contributed by atoms with Gasteiger partial charge in [0.15, 0.2) is 0 Å². The molecule has 1 rings (SSSR count). The predicted octanol–water partition coefficient (Wildman–Crippen LogP) is 1.42. The van der Waals surface area contributed by atoms with Crippen molar-refractivity contribution in [3.63, 3.8) is 0 Å². The summed E-state index contributed by atoms with van der Waals surface area (Å²) in [4.78, 5) is 5.53. The first-order valence-electron chi connectivity index (χ1n) is 6.19. The summed E-state index contributed by atoms with van der Waals surface area (Å²) in [7, 11) is -0.0126. The van der Waals surface area contributed by atoms with E-state index >= 15 is 0 Å². The molecule has 0 saturated carbocycles. The van der Waals surface area contributed by atoms with Gasteiger partial charge in [0.1, 0.15) is 0 Å². The first kappa shape index (κ1) is 16.6. The van der Waals surface area contributed by atoms with E-state index in [2.05, 4.69) is 31.1 Å². The van der Waals surface area contributed by atoms with Crippen molar-refractivity contribution >= 4 is 21.4 Å². The molecule has 110 valence electrons. The van der Waals surface area contributed by atoms with Crippen molar-refractivity contribution in [2.24, 2.45) is 0 Å². The third kappa shape index (κ3) is 5.18. The Morgan fingerprint density at radius 2 is 2.00 bits per heavy atom. The number of sulfonamides is 1. The molecule has 0 bridgehead atoms. The highest BCUT2D eigenvalue weighted by molar-refractivity contribution is 7.89. The van der Waals surface area contributed by atoms with E-state index in [1.807, 2.05) is 6.20 Å². The molecule has 0 spiro atoms. The minimum atomic E-state index is -3.11. The van der Waals surface area contributed by atoms with Gasteiger partial charge in [-0.25, -0.2) is 17.7 Å². The van der Waals surface area contributed by atoms with Crippen molar-refractivity contribution in [3.05, 3.63) is 16.1 Å². The highest BCUT2D eigenvalue weighted by Crippen LogP contribution is 2.26. The lowest BCUT2D eigenvalue weighted by Crippen LogP contribution is -2.30. The average molecular weight is 305 g/mol. The summed E-state index contributed by atoms with van der Waals surface area (Å²) in [6, 6.07) is 0. The zero-order valence-corrected chi connectivity index (χ0v) is 13.9. The number of hydrogen-bond acceptors (Lipinski definition) is 5. The van der Waals surface area contributed by atoms with Crippen LogP contribution in [-0.4, -0.2) is 44.1 Å². The Balaban J connectivity index is 2.41. The average Bonchev–Trinajstić information content (AvgIpc) is 2.72. The quantitative estimate of drug-likeness (QED) is 0.808. The monoisotopic (exact) mass is 305 g/mol. The van der Waals surface area contributed by atoms with Crippen LogP contribution in [0.5, 0.6) is 0 Å². The first-order chi connectivity index (χ1) is 8.63. The fourth-order valence-electron chi connectivity index (χ4n) is 1.33. The summed E-state index contributed by atoms with van der Waals surface area (Å²) in [5.74, 6) is 0.116. The van der Waals surface area contributed by atoms with E-state index in [-0.39, 0.29) is 11.2 Å². The SMILES string of the molecule is CN(C)S(=O)(=O)CCNCc1cnc(C(C)(C)C)s1. The Bertz CT molecular complexity index is 501. The summed E-state index contributed by atoms with van der Waals surface area (Å²) in [6.07, 6.45) is 1.86. The number of nitrogens with one attached hydrogen (secondary N) is 1. The molecule has 0 unspecified atom stereocenters. The second-order valence-corrected chi connectivity index (χ2v) is 9.07. The summed E-state index contributed by atoms with van der Waals surface area (Å²) in [6.45, 7) is 7.51. The highest BCUT2D eigenvalue weighted by Gasteiger charge is 2.18. The third-order valence-electron chi connectivity index (χ3n) is 2.59. The molecule has 0 atom stereocenters. The molecular formula is C12H23N3O2S2. The van der Waals surface area contributed by atoms with E-state index in [0.29, 0.717) is 13.1 Å². The standard InChI is InChI=1S/C12H23N3O2S2/c1-12(2,3)11-14-9-10(18-11)8-13-6-7-19(16,17)15(4)5/h9,13H,6-8H2,1-5H3. The maximum atomic E-state index is 11.6. The maximum Gasteiger partial charge on any atom is 0.214 e. The van der Waals surface area contributed by atoms with E-state index in [4.69, 9.17) is 0 Å². The smallest absolute Gasteiger partial charge is 0.214 e. The van der Waals surface area contributed by atoms with Crippen LogP contribution in [-0.2, 0) is 22.0 Å². The summed E-state index contributed by atoms with van der Waals surface area (Å²) in [5.41, 5.74) is 0.0666. The van der Waals surface area contributed by atoms with Crippen LogP contribution in [0.15, 0.2) is 6.20 Å². The zero-order valence-electron chi connectivity index (χ0n) is 12.2. The molecular weight excluding hydrogens is 282 g/mol. The molecule has 1 heterocycles. The zero-order chi connectivity index (χ0) is 14.7. The lowest BCUT2D eigenvalue weighted by atomic mass is 9.98. The number of hydrogen-bond donors (Lipinski definition) is 1. The van der Waals surface area contributed by atoms with Crippen LogP contribution in [0.1, 0.15) is 30.7 Å². The predicted molar refractivity (Wildman–Crippen MR) is 80.0 cm³/mol. The van der Waals surface area contributed by atoms with Crippen LogP contribution in [0.25, 0.3) is 0 Å². The van der Waals surface area contributed by atoms with E-state index in [0.717, 1.165) is 9.88 Å². The van der Waals surface area contributed by atoms with Crippen LogP contribution < -0.4 is 5.32 Å². The summed E-state index contributed by atoms with van der Waals surface area (Å²) < 4.78 is 24.4. The molecule has 0 fully saturated rings. The molecule has 0 saturated heterocycles. The lowest BCUT2D eigenvalue weighted by Gasteiger charge is -2.13. The minimum Gasteiger partial charge on any atom is -0.311 e. The molecule has 7 heteroatoms. The Morgan fingerprint density at radius 3 is 2.47 bits per heavy atom. The molecule has 0 aromatic carbocycles. The van der Waals surface area contributed by atoms with Crippen LogP contribution in [0, 0.1) is 0 Å². The van der Waals surface area contributed by atoms with Crippen LogP contribution in [0.3, 0.4) is 0 Å². The summed E-state index contributed by atoms with van der Waals surface area (Å²) in [5, 5.41) is 4.24. The Morgan fingerprint density at radius 1 is 1.37 bits per heavy atom. The van der Waals surface area contributed by atoms with Crippen molar-refractivity contribution in [2.75, 3.05) is 26.4 Å². The van der Waals surface area contributed by atoms with E-state index in [1.165, 1.54) is 4.31 Å². The Kier molecular flexibility index (Phi) is 5.49. The van der Waals surface area contributed by atoms with Gasteiger partial charge in [-0.3, -0.25) is 0 Å². The number of thiazole rings is 1. The second kappa shape index (κ2) is 6.30. The van der Waals surface area contributed by atoms with E-state index in [9.17, 15) is 8.42 Å². The normalized spacial score (nSPS) is 13.2. The Hall–Kier alpha value is -0.500. The van der Waals surface area contributed by atoms with Gasteiger partial charge in [0, 0.05) is 43.7 Å². The molecule has 1 aromatic heterocycles. The van der Waals surface area contributed by atoms with E-state index in [1.54, 1.807) is 25.4 Å². The second-order valence-electron chi connectivity index (χ2n) is 5.66. The van der Waals surface area contributed by atoms with Crippen molar-refractivity contribution in [2.45, 2.75) is 32.7 Å². The number of nitrogens with zero attached hydrogens (tertiary/aromatic N) is 2. The van der Waals surface area contributed by atoms with Gasteiger partial charge in [0.05, 0.1) is 10.8 Å². The molecule has 0 radical (unpaired) electrons. The van der Waals surface area contributed by atoms with Crippen molar-refractivity contribution in [3.8, 4) is 0 Å². The number of aromatic nitrogens is 1.